The summed E-state index contributed by atoms with van der Waals surface area (Å²) >= 11 is 5.75. The van der Waals surface area contributed by atoms with E-state index in [-0.39, 0.29) is 16.4 Å². The number of sulfonamides is 1. The first-order valence-corrected chi connectivity index (χ1v) is 7.55. The van der Waals surface area contributed by atoms with Crippen LogP contribution < -0.4 is 4.72 Å². The monoisotopic (exact) mass is 327 g/mol. The fourth-order valence-corrected chi connectivity index (χ4v) is 3.07. The standard InChI is InChI=1S/C12H10ClN3O4S/c1-8-2-3-10(16(17)18)7-11(8)21(19,20)15-12-6-9(13)4-5-14-12/h2-7H,1H3,(H,14,15). The molecule has 110 valence electrons. The Labute approximate surface area is 125 Å². The second-order valence-electron chi connectivity index (χ2n) is 4.17. The first-order valence-electron chi connectivity index (χ1n) is 5.69. The summed E-state index contributed by atoms with van der Waals surface area (Å²) in [4.78, 5) is 13.7. The predicted molar refractivity (Wildman–Crippen MR) is 77.9 cm³/mol. The summed E-state index contributed by atoms with van der Waals surface area (Å²) in [5.74, 6) is 0.0356. The van der Waals surface area contributed by atoms with E-state index in [1.165, 1.54) is 30.5 Å². The molecule has 1 N–H and O–H groups in total. The number of anilines is 1. The Bertz CT molecular complexity index is 808. The molecule has 0 unspecified atom stereocenters. The molecule has 0 saturated carbocycles. The van der Waals surface area contributed by atoms with Crippen LogP contribution >= 0.6 is 11.6 Å². The molecule has 0 aliphatic rings. The molecule has 0 radical (unpaired) electrons. The molecule has 21 heavy (non-hydrogen) atoms. The van der Waals surface area contributed by atoms with E-state index in [2.05, 4.69) is 9.71 Å². The lowest BCUT2D eigenvalue weighted by molar-refractivity contribution is -0.385. The van der Waals surface area contributed by atoms with Crippen LogP contribution in [0.5, 0.6) is 0 Å². The lowest BCUT2D eigenvalue weighted by Gasteiger charge is -2.09. The molecule has 0 atom stereocenters. The van der Waals surface area contributed by atoms with Gasteiger partial charge in [-0.25, -0.2) is 13.4 Å². The van der Waals surface area contributed by atoms with E-state index in [9.17, 15) is 18.5 Å². The van der Waals surface area contributed by atoms with Crippen molar-refractivity contribution in [2.45, 2.75) is 11.8 Å². The lowest BCUT2D eigenvalue weighted by atomic mass is 10.2. The van der Waals surface area contributed by atoms with Gasteiger partial charge in [-0.1, -0.05) is 17.7 Å². The molecule has 7 nitrogen and oxygen atoms in total. The summed E-state index contributed by atoms with van der Waals surface area (Å²) in [5.41, 5.74) is 0.0788. The number of halogens is 1. The minimum atomic E-state index is -3.99. The third kappa shape index (κ3) is 3.47. The van der Waals surface area contributed by atoms with E-state index in [1.807, 2.05) is 0 Å². The van der Waals surface area contributed by atoms with Crippen LogP contribution in [0, 0.1) is 17.0 Å². The molecule has 0 aliphatic carbocycles. The van der Waals surface area contributed by atoms with Gasteiger partial charge in [-0.3, -0.25) is 14.8 Å². The minimum Gasteiger partial charge on any atom is -0.263 e. The lowest BCUT2D eigenvalue weighted by Crippen LogP contribution is -2.15. The molecule has 1 aromatic heterocycles. The molecular formula is C12H10ClN3O4S. The number of rotatable bonds is 4. The maximum absolute atomic E-state index is 12.3. The normalized spacial score (nSPS) is 11.1. The van der Waals surface area contributed by atoms with Crippen molar-refractivity contribution >= 4 is 33.1 Å². The van der Waals surface area contributed by atoms with Crippen LogP contribution in [0.25, 0.3) is 0 Å². The number of nitrogens with one attached hydrogen (secondary N) is 1. The molecule has 0 fully saturated rings. The average molecular weight is 328 g/mol. The number of non-ortho nitro benzene ring substituents is 1. The highest BCUT2D eigenvalue weighted by Crippen LogP contribution is 2.24. The molecule has 9 heteroatoms. The van der Waals surface area contributed by atoms with Crippen LogP contribution in [0.3, 0.4) is 0 Å². The first kappa shape index (κ1) is 15.2. The van der Waals surface area contributed by atoms with Gasteiger partial charge in [0.2, 0.25) is 0 Å². The topological polar surface area (TPSA) is 102 Å². The highest BCUT2D eigenvalue weighted by Gasteiger charge is 2.21. The van der Waals surface area contributed by atoms with Crippen molar-refractivity contribution in [2.24, 2.45) is 0 Å². The molecule has 0 aliphatic heterocycles. The predicted octanol–water partition coefficient (Wildman–Crippen LogP) is 2.75. The highest BCUT2D eigenvalue weighted by atomic mass is 35.5. The molecule has 1 heterocycles. The number of nitro benzene ring substituents is 1. The zero-order chi connectivity index (χ0) is 15.6. The average Bonchev–Trinajstić information content (AvgIpc) is 2.38. The Morgan fingerprint density at radius 3 is 2.62 bits per heavy atom. The van der Waals surface area contributed by atoms with Crippen LogP contribution in [0.1, 0.15) is 5.56 Å². The van der Waals surface area contributed by atoms with E-state index >= 15 is 0 Å². The van der Waals surface area contributed by atoms with Gasteiger partial charge in [0.05, 0.1) is 9.82 Å². The van der Waals surface area contributed by atoms with Gasteiger partial charge >= 0.3 is 0 Å². The van der Waals surface area contributed by atoms with E-state index < -0.39 is 14.9 Å². The molecule has 2 rings (SSSR count). The quantitative estimate of drug-likeness (QED) is 0.687. The first-order chi connectivity index (χ1) is 9.79. The van der Waals surface area contributed by atoms with Crippen molar-refractivity contribution in [3.8, 4) is 0 Å². The van der Waals surface area contributed by atoms with Crippen LogP contribution in [0.15, 0.2) is 41.4 Å². The fourth-order valence-electron chi connectivity index (χ4n) is 1.65. The van der Waals surface area contributed by atoms with Crippen LogP contribution in [-0.4, -0.2) is 18.3 Å². The minimum absolute atomic E-state index is 0.0356. The van der Waals surface area contributed by atoms with Crippen molar-refractivity contribution in [3.05, 3.63) is 57.2 Å². The molecule has 0 saturated heterocycles. The Balaban J connectivity index is 2.44. The third-order valence-electron chi connectivity index (χ3n) is 2.63. The Kier molecular flexibility index (Phi) is 4.10. The van der Waals surface area contributed by atoms with Gasteiger partial charge in [0.1, 0.15) is 5.82 Å². The maximum Gasteiger partial charge on any atom is 0.270 e. The van der Waals surface area contributed by atoms with E-state index in [1.54, 1.807) is 6.92 Å². The number of aryl methyl sites for hydroxylation is 1. The Morgan fingerprint density at radius 1 is 1.29 bits per heavy atom. The second kappa shape index (κ2) is 5.66. The molecule has 0 bridgehead atoms. The van der Waals surface area contributed by atoms with E-state index in [0.29, 0.717) is 10.6 Å². The van der Waals surface area contributed by atoms with Crippen molar-refractivity contribution in [1.82, 2.24) is 4.98 Å². The van der Waals surface area contributed by atoms with Crippen molar-refractivity contribution < 1.29 is 13.3 Å². The summed E-state index contributed by atoms with van der Waals surface area (Å²) < 4.78 is 26.8. The summed E-state index contributed by atoms with van der Waals surface area (Å²) in [6.07, 6.45) is 1.35. The van der Waals surface area contributed by atoms with Gasteiger partial charge in [0.15, 0.2) is 0 Å². The maximum atomic E-state index is 12.3. The Morgan fingerprint density at radius 2 is 2.00 bits per heavy atom. The zero-order valence-corrected chi connectivity index (χ0v) is 12.4. The van der Waals surface area contributed by atoms with Crippen molar-refractivity contribution in [1.29, 1.82) is 0 Å². The summed E-state index contributed by atoms with van der Waals surface area (Å²) in [7, 11) is -3.99. The number of benzene rings is 1. The number of hydrogen-bond donors (Lipinski definition) is 1. The summed E-state index contributed by atoms with van der Waals surface area (Å²) in [6, 6.07) is 6.45. The van der Waals surface area contributed by atoms with E-state index in [4.69, 9.17) is 11.6 Å². The fraction of sp³-hybridized carbons (Fsp3) is 0.0833. The number of aromatic nitrogens is 1. The molecular weight excluding hydrogens is 318 g/mol. The van der Waals surface area contributed by atoms with Gasteiger partial charge in [0, 0.05) is 29.4 Å². The third-order valence-corrected chi connectivity index (χ3v) is 4.36. The number of pyridine rings is 1. The van der Waals surface area contributed by atoms with Crippen LogP contribution in [0.2, 0.25) is 5.02 Å². The highest BCUT2D eigenvalue weighted by molar-refractivity contribution is 7.92. The van der Waals surface area contributed by atoms with Crippen molar-refractivity contribution in [2.75, 3.05) is 4.72 Å². The summed E-state index contributed by atoms with van der Waals surface area (Å²) in [5, 5.41) is 11.1. The van der Waals surface area contributed by atoms with Gasteiger partial charge in [0.25, 0.3) is 15.7 Å². The van der Waals surface area contributed by atoms with Crippen molar-refractivity contribution in [3.63, 3.8) is 0 Å². The van der Waals surface area contributed by atoms with Gasteiger partial charge in [-0.15, -0.1) is 0 Å². The van der Waals surface area contributed by atoms with Crippen LogP contribution in [-0.2, 0) is 10.0 Å². The molecule has 0 amide bonds. The molecule has 1 aromatic carbocycles. The molecule has 0 spiro atoms. The van der Waals surface area contributed by atoms with Crippen LogP contribution in [0.4, 0.5) is 11.5 Å². The Hall–Kier alpha value is -2.19. The SMILES string of the molecule is Cc1ccc([N+](=O)[O-])cc1S(=O)(=O)Nc1cc(Cl)ccn1. The van der Waals surface area contributed by atoms with Gasteiger partial charge in [-0.05, 0) is 18.6 Å². The number of nitrogens with zero attached hydrogens (tertiary/aromatic N) is 2. The van der Waals surface area contributed by atoms with Gasteiger partial charge in [-0.2, -0.15) is 0 Å². The zero-order valence-electron chi connectivity index (χ0n) is 10.8. The largest absolute Gasteiger partial charge is 0.270 e. The van der Waals surface area contributed by atoms with Gasteiger partial charge < -0.3 is 0 Å². The smallest absolute Gasteiger partial charge is 0.263 e. The second-order valence-corrected chi connectivity index (χ2v) is 6.26. The number of hydrogen-bond acceptors (Lipinski definition) is 5. The number of nitro groups is 1. The molecule has 2 aromatic rings. The van der Waals surface area contributed by atoms with E-state index in [0.717, 1.165) is 6.07 Å². The summed E-state index contributed by atoms with van der Waals surface area (Å²) in [6.45, 7) is 1.55.